The first kappa shape index (κ1) is 30.2. The Kier molecular flexibility index (Phi) is 6.71. The van der Waals surface area contributed by atoms with Crippen molar-refractivity contribution in [2.24, 2.45) is 0 Å². The molecule has 10 aromatic rings. The molecule has 0 saturated carbocycles. The number of hydrogen-bond acceptors (Lipinski definition) is 2. The average Bonchev–Trinajstić information content (AvgIpc) is 3.76. The molecule has 0 N–H and O–H groups in total. The number of fused-ring (bicyclic) bond motifs is 10. The Balaban J connectivity index is 1.17. The summed E-state index contributed by atoms with van der Waals surface area (Å²) in [6.45, 7) is 0. The van der Waals surface area contributed by atoms with E-state index in [-0.39, 0.29) is 0 Å². The number of nitrogens with zero attached hydrogens (tertiary/aromatic N) is 1. The first-order chi connectivity index (χ1) is 26.3. The lowest BCUT2D eigenvalue weighted by Crippen LogP contribution is -2.28. The van der Waals surface area contributed by atoms with Gasteiger partial charge < -0.3 is 4.90 Å². The van der Waals surface area contributed by atoms with Crippen LogP contribution in [0.2, 0.25) is 0 Å². The van der Waals surface area contributed by atoms with Crippen molar-refractivity contribution in [3.8, 4) is 11.1 Å². The average molecular weight is 692 g/mol. The minimum atomic E-state index is -0.473. The maximum Gasteiger partial charge on any atom is 0.0714 e. The molecule has 1 aromatic heterocycles. The fourth-order valence-electron chi connectivity index (χ4n) is 9.06. The van der Waals surface area contributed by atoms with Gasteiger partial charge in [0.05, 0.1) is 5.41 Å². The fraction of sp³-hybridized carbons (Fsp3) is 0.0196. The molecule has 0 amide bonds. The molecule has 1 aliphatic carbocycles. The summed E-state index contributed by atoms with van der Waals surface area (Å²) in [5.74, 6) is 0. The molecular formula is C51H33NS. The summed E-state index contributed by atoms with van der Waals surface area (Å²) >= 11 is 1.90. The maximum absolute atomic E-state index is 2.43. The van der Waals surface area contributed by atoms with Crippen LogP contribution in [0.3, 0.4) is 0 Å². The molecule has 2 heteroatoms. The molecule has 0 aliphatic heterocycles. The van der Waals surface area contributed by atoms with Crippen molar-refractivity contribution < 1.29 is 0 Å². The van der Waals surface area contributed by atoms with Crippen molar-refractivity contribution in [2.75, 3.05) is 4.90 Å². The van der Waals surface area contributed by atoms with Crippen molar-refractivity contribution in [1.82, 2.24) is 0 Å². The van der Waals surface area contributed by atoms with Gasteiger partial charge in [-0.25, -0.2) is 0 Å². The van der Waals surface area contributed by atoms with Gasteiger partial charge >= 0.3 is 0 Å². The number of rotatable bonds is 5. The summed E-state index contributed by atoms with van der Waals surface area (Å²) in [4.78, 5) is 2.43. The van der Waals surface area contributed by atoms with E-state index in [1.807, 2.05) is 11.3 Å². The van der Waals surface area contributed by atoms with Crippen LogP contribution in [0.25, 0.3) is 52.8 Å². The second kappa shape index (κ2) is 11.8. The van der Waals surface area contributed by atoms with E-state index in [0.29, 0.717) is 0 Å². The smallest absolute Gasteiger partial charge is 0.0714 e. The number of para-hydroxylation sites is 1. The van der Waals surface area contributed by atoms with E-state index in [9.17, 15) is 0 Å². The molecule has 248 valence electrons. The second-order valence-corrected chi connectivity index (χ2v) is 15.1. The highest BCUT2D eigenvalue weighted by Crippen LogP contribution is 2.56. The third-order valence-electron chi connectivity index (χ3n) is 11.3. The zero-order valence-electron chi connectivity index (χ0n) is 28.9. The van der Waals surface area contributed by atoms with Crippen LogP contribution in [0.1, 0.15) is 22.3 Å². The number of hydrogen-bond donors (Lipinski definition) is 0. The Labute approximate surface area is 312 Å². The number of benzene rings is 9. The normalized spacial score (nSPS) is 13.1. The zero-order valence-corrected chi connectivity index (χ0v) is 29.7. The van der Waals surface area contributed by atoms with Gasteiger partial charge in [-0.3, -0.25) is 0 Å². The van der Waals surface area contributed by atoms with Crippen LogP contribution in [0, 0.1) is 0 Å². The summed E-state index contributed by atoms with van der Waals surface area (Å²) < 4.78 is 2.68. The molecule has 0 fully saturated rings. The molecule has 0 unspecified atom stereocenters. The first-order valence-electron chi connectivity index (χ1n) is 18.3. The lowest BCUT2D eigenvalue weighted by molar-refractivity contribution is 0.768. The predicted octanol–water partition coefficient (Wildman–Crippen LogP) is 14.2. The summed E-state index contributed by atoms with van der Waals surface area (Å²) in [6, 6.07) is 74.0. The lowest BCUT2D eigenvalue weighted by atomic mass is 9.67. The van der Waals surface area contributed by atoms with Crippen molar-refractivity contribution in [1.29, 1.82) is 0 Å². The van der Waals surface area contributed by atoms with Gasteiger partial charge in [0.1, 0.15) is 0 Å². The molecule has 9 aromatic carbocycles. The van der Waals surface area contributed by atoms with Crippen molar-refractivity contribution in [2.45, 2.75) is 5.41 Å². The van der Waals surface area contributed by atoms with Crippen LogP contribution in [0.4, 0.5) is 17.1 Å². The number of anilines is 3. The molecule has 1 heterocycles. The fourth-order valence-corrected chi connectivity index (χ4v) is 10.3. The quantitative estimate of drug-likeness (QED) is 0.162. The molecule has 0 spiro atoms. The van der Waals surface area contributed by atoms with Gasteiger partial charge in [0, 0.05) is 42.6 Å². The van der Waals surface area contributed by atoms with Gasteiger partial charge in [-0.2, -0.15) is 0 Å². The molecule has 1 nitrogen and oxygen atoms in total. The van der Waals surface area contributed by atoms with Crippen LogP contribution < -0.4 is 4.90 Å². The Morgan fingerprint density at radius 2 is 0.962 bits per heavy atom. The SMILES string of the molecule is c1ccc(N(c2cccc(C3(c4ccccc4)c4ccccc4-c4ccccc43)c2)c2ccc3ccc4ccc5c6ccccc6sc5c4c3c2)cc1. The Morgan fingerprint density at radius 3 is 1.75 bits per heavy atom. The van der Waals surface area contributed by atoms with Crippen LogP contribution in [-0.2, 0) is 5.41 Å². The van der Waals surface area contributed by atoms with Crippen molar-refractivity contribution in [3.05, 3.63) is 222 Å². The predicted molar refractivity (Wildman–Crippen MR) is 226 cm³/mol. The monoisotopic (exact) mass is 691 g/mol. The number of thiophene rings is 1. The van der Waals surface area contributed by atoms with E-state index >= 15 is 0 Å². The largest absolute Gasteiger partial charge is 0.310 e. The third-order valence-corrected chi connectivity index (χ3v) is 12.5. The molecular weight excluding hydrogens is 659 g/mol. The first-order valence-corrected chi connectivity index (χ1v) is 19.1. The van der Waals surface area contributed by atoms with E-state index in [2.05, 4.69) is 205 Å². The van der Waals surface area contributed by atoms with Crippen LogP contribution in [0.5, 0.6) is 0 Å². The Morgan fingerprint density at radius 1 is 0.377 bits per heavy atom. The van der Waals surface area contributed by atoms with Crippen LogP contribution >= 0.6 is 11.3 Å². The van der Waals surface area contributed by atoms with Gasteiger partial charge in [0.2, 0.25) is 0 Å². The zero-order chi connectivity index (χ0) is 34.9. The minimum Gasteiger partial charge on any atom is -0.310 e. The molecule has 1 aliphatic rings. The topological polar surface area (TPSA) is 3.24 Å². The molecule has 0 saturated heterocycles. The third kappa shape index (κ3) is 4.43. The highest BCUT2D eigenvalue weighted by atomic mass is 32.1. The standard InChI is InChI=1S/C51H33NS/c1-3-14-36(15-4-1)51(46-23-10-7-20-41(46)42-21-8-11-24-47(42)51)37-16-13-19-39(32-37)52(38-17-5-2-6-18-38)40-30-28-34-26-27-35-29-31-44-43-22-9-12-25-48(43)53-50(44)49(35)45(34)33-40/h1-33H. The Hall–Kier alpha value is -6.48. The molecule has 11 rings (SSSR count). The van der Waals surface area contributed by atoms with E-state index in [0.717, 1.165) is 17.1 Å². The Bertz CT molecular complexity index is 2970. The molecule has 0 bridgehead atoms. The van der Waals surface area contributed by atoms with Gasteiger partial charge in [-0.15, -0.1) is 11.3 Å². The van der Waals surface area contributed by atoms with Crippen LogP contribution in [0.15, 0.2) is 200 Å². The van der Waals surface area contributed by atoms with Gasteiger partial charge in [0.25, 0.3) is 0 Å². The van der Waals surface area contributed by atoms with Gasteiger partial charge in [-0.05, 0) is 92.0 Å². The van der Waals surface area contributed by atoms with E-state index in [4.69, 9.17) is 0 Å². The highest BCUT2D eigenvalue weighted by Gasteiger charge is 2.46. The summed E-state index contributed by atoms with van der Waals surface area (Å²) in [5.41, 5.74) is 10.7. The maximum atomic E-state index is 2.43. The summed E-state index contributed by atoms with van der Waals surface area (Å²) in [5, 5.41) is 7.76. The van der Waals surface area contributed by atoms with E-state index in [1.165, 1.54) is 75.1 Å². The van der Waals surface area contributed by atoms with Crippen molar-refractivity contribution in [3.63, 3.8) is 0 Å². The second-order valence-electron chi connectivity index (χ2n) is 14.0. The van der Waals surface area contributed by atoms with E-state index < -0.39 is 5.41 Å². The summed E-state index contributed by atoms with van der Waals surface area (Å²) in [6.07, 6.45) is 0. The van der Waals surface area contributed by atoms with Crippen LogP contribution in [-0.4, -0.2) is 0 Å². The van der Waals surface area contributed by atoms with Crippen molar-refractivity contribution >= 4 is 70.1 Å². The molecule has 0 radical (unpaired) electrons. The minimum absolute atomic E-state index is 0.473. The molecule has 53 heavy (non-hydrogen) atoms. The summed E-state index contributed by atoms with van der Waals surface area (Å²) in [7, 11) is 0. The lowest BCUT2D eigenvalue weighted by Gasteiger charge is -2.35. The van der Waals surface area contributed by atoms with Gasteiger partial charge in [0.15, 0.2) is 0 Å². The molecule has 0 atom stereocenters. The van der Waals surface area contributed by atoms with Gasteiger partial charge in [-0.1, -0.05) is 158 Å². The highest BCUT2D eigenvalue weighted by molar-refractivity contribution is 7.26. The van der Waals surface area contributed by atoms with E-state index in [1.54, 1.807) is 0 Å².